The Morgan fingerprint density at radius 2 is 1.89 bits per heavy atom. The number of halogens is 1. The number of anilines is 1. The molecule has 1 aromatic heterocycles. The van der Waals surface area contributed by atoms with E-state index < -0.39 is 0 Å². The number of nitrogens with zero attached hydrogens (tertiary/aromatic N) is 3. The zero-order valence-electron chi connectivity index (χ0n) is 10.2. The van der Waals surface area contributed by atoms with Crippen molar-refractivity contribution >= 4 is 17.5 Å². The average Bonchev–Trinajstić information content (AvgIpc) is 2.37. The van der Waals surface area contributed by atoms with E-state index in [1.165, 1.54) is 5.56 Å². The first-order valence-corrected chi connectivity index (χ1v) is 6.34. The van der Waals surface area contributed by atoms with Gasteiger partial charge in [0.1, 0.15) is 5.82 Å². The van der Waals surface area contributed by atoms with E-state index in [-0.39, 0.29) is 5.28 Å². The lowest BCUT2D eigenvalue weighted by Crippen LogP contribution is -2.07. The number of hydrogen-bond donors (Lipinski definition) is 1. The van der Waals surface area contributed by atoms with Crippen molar-refractivity contribution in [3.05, 3.63) is 47.0 Å². The molecule has 0 atom stereocenters. The van der Waals surface area contributed by atoms with Gasteiger partial charge in [0.2, 0.25) is 11.2 Å². The molecule has 0 aliphatic rings. The molecule has 2 rings (SSSR count). The van der Waals surface area contributed by atoms with Crippen molar-refractivity contribution in [3.63, 3.8) is 0 Å². The SMILES string of the molecule is CCCc1nc(Cl)nc(NCc2ccccc2)n1. The van der Waals surface area contributed by atoms with E-state index >= 15 is 0 Å². The lowest BCUT2D eigenvalue weighted by molar-refractivity contribution is 0.815. The van der Waals surface area contributed by atoms with Gasteiger partial charge in [0, 0.05) is 13.0 Å². The molecule has 18 heavy (non-hydrogen) atoms. The predicted octanol–water partition coefficient (Wildman–Crippen LogP) is 3.09. The zero-order chi connectivity index (χ0) is 12.8. The quantitative estimate of drug-likeness (QED) is 0.900. The van der Waals surface area contributed by atoms with E-state index in [0.717, 1.165) is 18.7 Å². The van der Waals surface area contributed by atoms with Gasteiger partial charge in [-0.2, -0.15) is 9.97 Å². The number of aryl methyl sites for hydroxylation is 1. The van der Waals surface area contributed by atoms with E-state index in [1.807, 2.05) is 30.3 Å². The Morgan fingerprint density at radius 3 is 2.61 bits per heavy atom. The highest BCUT2D eigenvalue weighted by Gasteiger charge is 2.04. The first-order chi connectivity index (χ1) is 8.78. The molecule has 0 spiro atoms. The third kappa shape index (κ3) is 3.67. The molecule has 1 aromatic carbocycles. The second-order valence-electron chi connectivity index (χ2n) is 3.93. The Bertz CT molecular complexity index is 502. The van der Waals surface area contributed by atoms with Gasteiger partial charge in [-0.15, -0.1) is 0 Å². The van der Waals surface area contributed by atoms with E-state index in [4.69, 9.17) is 11.6 Å². The van der Waals surface area contributed by atoms with Gasteiger partial charge in [-0.05, 0) is 23.6 Å². The largest absolute Gasteiger partial charge is 0.350 e. The number of rotatable bonds is 5. The maximum absolute atomic E-state index is 5.87. The van der Waals surface area contributed by atoms with E-state index in [1.54, 1.807) is 0 Å². The zero-order valence-corrected chi connectivity index (χ0v) is 11.0. The van der Waals surface area contributed by atoms with Gasteiger partial charge < -0.3 is 5.32 Å². The van der Waals surface area contributed by atoms with Crippen LogP contribution in [-0.2, 0) is 13.0 Å². The standard InChI is InChI=1S/C13H15ClN4/c1-2-6-11-16-12(14)18-13(17-11)15-9-10-7-4-3-5-8-10/h3-5,7-8H,2,6,9H2,1H3,(H,15,16,17,18). The maximum atomic E-state index is 5.87. The summed E-state index contributed by atoms with van der Waals surface area (Å²) in [7, 11) is 0. The third-order valence-corrected chi connectivity index (χ3v) is 2.59. The number of benzene rings is 1. The minimum absolute atomic E-state index is 0.240. The average molecular weight is 263 g/mol. The third-order valence-electron chi connectivity index (χ3n) is 2.42. The lowest BCUT2D eigenvalue weighted by Gasteiger charge is -2.06. The van der Waals surface area contributed by atoms with Gasteiger partial charge in [-0.1, -0.05) is 37.3 Å². The van der Waals surface area contributed by atoms with Crippen molar-refractivity contribution in [3.8, 4) is 0 Å². The molecular weight excluding hydrogens is 248 g/mol. The molecule has 4 nitrogen and oxygen atoms in total. The van der Waals surface area contributed by atoms with Crippen LogP contribution in [0.4, 0.5) is 5.95 Å². The molecule has 0 saturated carbocycles. The highest BCUT2D eigenvalue weighted by atomic mass is 35.5. The minimum atomic E-state index is 0.240. The summed E-state index contributed by atoms with van der Waals surface area (Å²) >= 11 is 5.87. The van der Waals surface area contributed by atoms with Gasteiger partial charge >= 0.3 is 0 Å². The molecule has 0 fully saturated rings. The highest BCUT2D eigenvalue weighted by molar-refractivity contribution is 6.28. The van der Waals surface area contributed by atoms with Crippen molar-refractivity contribution in [2.45, 2.75) is 26.3 Å². The van der Waals surface area contributed by atoms with Crippen LogP contribution in [0.3, 0.4) is 0 Å². The molecular formula is C13H15ClN4. The van der Waals surface area contributed by atoms with Gasteiger partial charge in [0.05, 0.1) is 0 Å². The van der Waals surface area contributed by atoms with Gasteiger partial charge in [0.25, 0.3) is 0 Å². The summed E-state index contributed by atoms with van der Waals surface area (Å²) in [5.41, 5.74) is 1.17. The second kappa shape index (κ2) is 6.31. The van der Waals surface area contributed by atoms with Crippen LogP contribution in [0.5, 0.6) is 0 Å². The summed E-state index contributed by atoms with van der Waals surface area (Å²) in [5.74, 6) is 1.26. The maximum Gasteiger partial charge on any atom is 0.227 e. The van der Waals surface area contributed by atoms with Gasteiger partial charge in [0.15, 0.2) is 0 Å². The van der Waals surface area contributed by atoms with Crippen LogP contribution < -0.4 is 5.32 Å². The molecule has 94 valence electrons. The van der Waals surface area contributed by atoms with E-state index in [2.05, 4.69) is 27.2 Å². The van der Waals surface area contributed by atoms with Crippen molar-refractivity contribution in [2.24, 2.45) is 0 Å². The first kappa shape index (κ1) is 12.8. The summed E-state index contributed by atoms with van der Waals surface area (Å²) in [5, 5.41) is 3.39. The van der Waals surface area contributed by atoms with E-state index in [9.17, 15) is 0 Å². The Morgan fingerprint density at radius 1 is 1.11 bits per heavy atom. The Balaban J connectivity index is 2.05. The van der Waals surface area contributed by atoms with E-state index in [0.29, 0.717) is 12.5 Å². The molecule has 0 amide bonds. The minimum Gasteiger partial charge on any atom is -0.350 e. The first-order valence-electron chi connectivity index (χ1n) is 5.96. The fraction of sp³-hybridized carbons (Fsp3) is 0.308. The number of nitrogens with one attached hydrogen (secondary N) is 1. The predicted molar refractivity (Wildman–Crippen MR) is 72.6 cm³/mol. The Kier molecular flexibility index (Phi) is 4.47. The molecule has 2 aromatic rings. The molecule has 1 heterocycles. The second-order valence-corrected chi connectivity index (χ2v) is 4.27. The summed E-state index contributed by atoms with van der Waals surface area (Å²) in [6, 6.07) is 10.1. The summed E-state index contributed by atoms with van der Waals surface area (Å²) in [6.45, 7) is 2.75. The van der Waals surface area contributed by atoms with Crippen molar-refractivity contribution in [2.75, 3.05) is 5.32 Å². The Labute approximate surface area is 111 Å². The molecule has 0 aliphatic carbocycles. The van der Waals surface area contributed by atoms with Crippen LogP contribution in [-0.4, -0.2) is 15.0 Å². The smallest absolute Gasteiger partial charge is 0.227 e. The van der Waals surface area contributed by atoms with Crippen LogP contribution in [0.1, 0.15) is 24.7 Å². The molecule has 5 heteroatoms. The molecule has 0 bridgehead atoms. The summed E-state index contributed by atoms with van der Waals surface area (Å²) in [6.07, 6.45) is 1.79. The van der Waals surface area contributed by atoms with Crippen molar-refractivity contribution < 1.29 is 0 Å². The number of aromatic nitrogens is 3. The lowest BCUT2D eigenvalue weighted by atomic mass is 10.2. The normalized spacial score (nSPS) is 10.3. The van der Waals surface area contributed by atoms with Crippen LogP contribution in [0, 0.1) is 0 Å². The van der Waals surface area contributed by atoms with Crippen molar-refractivity contribution in [1.82, 2.24) is 15.0 Å². The van der Waals surface area contributed by atoms with Crippen molar-refractivity contribution in [1.29, 1.82) is 0 Å². The summed E-state index contributed by atoms with van der Waals surface area (Å²) < 4.78 is 0. The highest BCUT2D eigenvalue weighted by Crippen LogP contribution is 2.09. The van der Waals surface area contributed by atoms with Crippen LogP contribution in [0.2, 0.25) is 5.28 Å². The van der Waals surface area contributed by atoms with Gasteiger partial charge in [-0.25, -0.2) is 4.98 Å². The fourth-order valence-electron chi connectivity index (χ4n) is 1.58. The molecule has 1 N–H and O–H groups in total. The Hall–Kier alpha value is -1.68. The van der Waals surface area contributed by atoms with Crippen LogP contribution in [0.15, 0.2) is 30.3 Å². The topological polar surface area (TPSA) is 50.7 Å². The molecule has 0 radical (unpaired) electrons. The number of hydrogen-bond acceptors (Lipinski definition) is 4. The molecule has 0 unspecified atom stereocenters. The monoisotopic (exact) mass is 262 g/mol. The summed E-state index contributed by atoms with van der Waals surface area (Å²) in [4.78, 5) is 12.5. The van der Waals surface area contributed by atoms with Crippen LogP contribution >= 0.6 is 11.6 Å². The van der Waals surface area contributed by atoms with Crippen LogP contribution in [0.25, 0.3) is 0 Å². The van der Waals surface area contributed by atoms with Gasteiger partial charge in [-0.3, -0.25) is 0 Å². The molecule has 0 saturated heterocycles. The molecule has 0 aliphatic heterocycles. The fourth-order valence-corrected chi connectivity index (χ4v) is 1.76.